The topological polar surface area (TPSA) is 151 Å². The van der Waals surface area contributed by atoms with Crippen LogP contribution in [0.1, 0.15) is 124 Å². The zero-order valence-corrected chi connectivity index (χ0v) is 24.9. The number of aliphatic hydroxyl groups excluding tert-OH is 2. The number of methoxy groups -OCH3 is 1. The molecule has 0 aromatic carbocycles. The van der Waals surface area contributed by atoms with E-state index in [-0.39, 0.29) is 18.4 Å². The van der Waals surface area contributed by atoms with Crippen LogP contribution in [0, 0.1) is 0 Å². The fraction of sp³-hybridized carbons (Fsp3) is 0.862. The SMILES string of the molecule is CCCCCCCCCC(=O)NC(CO)C(=O)OC.CCCCCCCCCC(=O)NC(CO)C(=O)OCC. The molecule has 0 heterocycles. The van der Waals surface area contributed by atoms with E-state index in [1.165, 1.54) is 58.5 Å². The number of esters is 2. The summed E-state index contributed by atoms with van der Waals surface area (Å²) in [7, 11) is 1.23. The summed E-state index contributed by atoms with van der Waals surface area (Å²) in [6.45, 7) is 5.43. The number of carbonyl (C=O) groups excluding carboxylic acids is 4. The number of hydrogen-bond acceptors (Lipinski definition) is 8. The lowest BCUT2D eigenvalue weighted by atomic mass is 10.1. The quantitative estimate of drug-likeness (QED) is 0.108. The van der Waals surface area contributed by atoms with Crippen molar-refractivity contribution in [2.24, 2.45) is 0 Å². The normalized spacial score (nSPS) is 11.9. The van der Waals surface area contributed by atoms with E-state index in [1.807, 2.05) is 0 Å². The summed E-state index contributed by atoms with van der Waals surface area (Å²) in [5, 5.41) is 23.0. The first-order chi connectivity index (χ1) is 18.8. The van der Waals surface area contributed by atoms with Crippen LogP contribution in [0.2, 0.25) is 0 Å². The first kappa shape index (κ1) is 38.9. The third-order valence-electron chi connectivity index (χ3n) is 6.11. The Labute approximate surface area is 236 Å². The number of amides is 2. The van der Waals surface area contributed by atoms with Gasteiger partial charge in [0.05, 0.1) is 26.9 Å². The van der Waals surface area contributed by atoms with Gasteiger partial charge in [-0.3, -0.25) is 9.59 Å². The van der Waals surface area contributed by atoms with Crippen LogP contribution >= 0.6 is 0 Å². The van der Waals surface area contributed by atoms with E-state index >= 15 is 0 Å². The molecule has 4 N–H and O–H groups in total. The lowest BCUT2D eigenvalue weighted by Crippen LogP contribution is -2.44. The summed E-state index contributed by atoms with van der Waals surface area (Å²) in [6.07, 6.45) is 16.8. The summed E-state index contributed by atoms with van der Waals surface area (Å²) < 4.78 is 9.23. The van der Waals surface area contributed by atoms with Crippen LogP contribution in [0.5, 0.6) is 0 Å². The number of aliphatic hydroxyl groups is 2. The predicted molar refractivity (Wildman–Crippen MR) is 152 cm³/mol. The molecular weight excluding hydrogens is 504 g/mol. The summed E-state index contributed by atoms with van der Waals surface area (Å²) in [6, 6.07) is -1.88. The summed E-state index contributed by atoms with van der Waals surface area (Å²) in [5.74, 6) is -1.61. The second kappa shape index (κ2) is 28.8. The number of carbonyl (C=O) groups is 4. The maximum atomic E-state index is 11.6. The van der Waals surface area contributed by atoms with Gasteiger partial charge >= 0.3 is 11.9 Å². The van der Waals surface area contributed by atoms with Crippen LogP contribution in [-0.4, -0.2) is 73.0 Å². The fourth-order valence-electron chi connectivity index (χ4n) is 3.76. The van der Waals surface area contributed by atoms with E-state index in [2.05, 4.69) is 29.2 Å². The van der Waals surface area contributed by atoms with Gasteiger partial charge in [-0.15, -0.1) is 0 Å². The van der Waals surface area contributed by atoms with Gasteiger partial charge in [0.25, 0.3) is 0 Å². The van der Waals surface area contributed by atoms with Crippen molar-refractivity contribution >= 4 is 23.8 Å². The zero-order valence-electron chi connectivity index (χ0n) is 24.9. The average molecular weight is 561 g/mol. The number of nitrogens with one attached hydrogen (secondary N) is 2. The second-order valence-corrected chi connectivity index (χ2v) is 9.62. The highest BCUT2D eigenvalue weighted by Gasteiger charge is 2.21. The van der Waals surface area contributed by atoms with E-state index in [1.54, 1.807) is 6.92 Å². The molecule has 0 aromatic rings. The van der Waals surface area contributed by atoms with Crippen molar-refractivity contribution in [3.05, 3.63) is 0 Å². The second-order valence-electron chi connectivity index (χ2n) is 9.62. The Balaban J connectivity index is 0. The number of unbranched alkanes of at least 4 members (excludes halogenated alkanes) is 12. The van der Waals surface area contributed by atoms with Gasteiger partial charge in [-0.1, -0.05) is 90.9 Å². The van der Waals surface area contributed by atoms with E-state index < -0.39 is 37.2 Å². The molecule has 2 unspecified atom stereocenters. The minimum absolute atomic E-state index is 0.203. The van der Waals surface area contributed by atoms with Gasteiger partial charge < -0.3 is 30.3 Å². The first-order valence-corrected chi connectivity index (χ1v) is 14.9. The standard InChI is InChI=1S/C15H29NO4.C14H27NO4/c1-3-5-6-7-8-9-10-11-14(18)16-13(12-17)15(19)20-4-2;1-3-4-5-6-7-8-9-10-13(17)15-12(11-16)14(18)19-2/h13,17H,3-12H2,1-2H3,(H,16,18);12,16H,3-11H2,1-2H3,(H,15,17). The van der Waals surface area contributed by atoms with Crippen LogP contribution in [0.25, 0.3) is 0 Å². The van der Waals surface area contributed by atoms with Crippen LogP contribution in [0.3, 0.4) is 0 Å². The summed E-state index contributed by atoms with van der Waals surface area (Å²) >= 11 is 0. The number of rotatable bonds is 23. The Morgan fingerprint density at radius 1 is 0.590 bits per heavy atom. The highest BCUT2D eigenvalue weighted by atomic mass is 16.5. The minimum Gasteiger partial charge on any atom is -0.467 e. The van der Waals surface area contributed by atoms with Crippen molar-refractivity contribution in [1.29, 1.82) is 0 Å². The largest absolute Gasteiger partial charge is 0.467 e. The van der Waals surface area contributed by atoms with Crippen LogP contribution in [0.4, 0.5) is 0 Å². The van der Waals surface area contributed by atoms with Crippen molar-refractivity contribution in [3.63, 3.8) is 0 Å². The fourth-order valence-corrected chi connectivity index (χ4v) is 3.76. The molecule has 39 heavy (non-hydrogen) atoms. The average Bonchev–Trinajstić information content (AvgIpc) is 2.93. The summed E-state index contributed by atoms with van der Waals surface area (Å²) in [5.41, 5.74) is 0. The maximum Gasteiger partial charge on any atom is 0.331 e. The third kappa shape index (κ3) is 24.6. The molecule has 0 aliphatic carbocycles. The monoisotopic (exact) mass is 560 g/mol. The summed E-state index contributed by atoms with van der Waals surface area (Å²) in [4.78, 5) is 45.7. The molecule has 10 nitrogen and oxygen atoms in total. The van der Waals surface area contributed by atoms with E-state index in [4.69, 9.17) is 14.9 Å². The molecule has 0 aliphatic rings. The Morgan fingerprint density at radius 2 is 0.949 bits per heavy atom. The molecule has 0 bridgehead atoms. The first-order valence-electron chi connectivity index (χ1n) is 14.9. The smallest absolute Gasteiger partial charge is 0.331 e. The van der Waals surface area contributed by atoms with Crippen molar-refractivity contribution in [1.82, 2.24) is 10.6 Å². The van der Waals surface area contributed by atoms with Gasteiger partial charge in [-0.2, -0.15) is 0 Å². The predicted octanol–water partition coefficient (Wildman–Crippen LogP) is 3.94. The number of ether oxygens (including phenoxy) is 2. The highest BCUT2D eigenvalue weighted by molar-refractivity contribution is 5.85. The third-order valence-corrected chi connectivity index (χ3v) is 6.11. The van der Waals surface area contributed by atoms with Gasteiger partial charge in [0, 0.05) is 12.8 Å². The van der Waals surface area contributed by atoms with E-state index in [0.29, 0.717) is 12.8 Å². The lowest BCUT2D eigenvalue weighted by Gasteiger charge is -2.14. The van der Waals surface area contributed by atoms with Gasteiger partial charge in [0.2, 0.25) is 11.8 Å². The van der Waals surface area contributed by atoms with Crippen LogP contribution in [0.15, 0.2) is 0 Å². The van der Waals surface area contributed by atoms with Crippen molar-refractivity contribution < 1.29 is 38.9 Å². The Hall–Kier alpha value is -2.20. The molecule has 0 rings (SSSR count). The van der Waals surface area contributed by atoms with E-state index in [9.17, 15) is 19.2 Å². The molecule has 2 atom stereocenters. The van der Waals surface area contributed by atoms with Crippen molar-refractivity contribution in [2.45, 2.75) is 136 Å². The molecule has 0 aromatic heterocycles. The Bertz CT molecular complexity index is 630. The molecule has 0 fully saturated rings. The molecule has 0 radical (unpaired) electrons. The van der Waals surface area contributed by atoms with Crippen molar-refractivity contribution in [3.8, 4) is 0 Å². The van der Waals surface area contributed by atoms with Gasteiger partial charge in [-0.05, 0) is 19.8 Å². The van der Waals surface area contributed by atoms with Gasteiger partial charge in [0.1, 0.15) is 0 Å². The maximum absolute atomic E-state index is 11.6. The van der Waals surface area contributed by atoms with Gasteiger partial charge in [0.15, 0.2) is 12.1 Å². The molecule has 230 valence electrons. The zero-order chi connectivity index (χ0) is 29.7. The van der Waals surface area contributed by atoms with Crippen LogP contribution in [-0.2, 0) is 28.7 Å². The lowest BCUT2D eigenvalue weighted by molar-refractivity contribution is -0.148. The molecule has 0 saturated carbocycles. The van der Waals surface area contributed by atoms with Gasteiger partial charge in [-0.25, -0.2) is 9.59 Å². The number of hydrogen-bond donors (Lipinski definition) is 4. The van der Waals surface area contributed by atoms with E-state index in [0.717, 1.165) is 38.5 Å². The highest BCUT2D eigenvalue weighted by Crippen LogP contribution is 2.09. The molecule has 0 spiro atoms. The van der Waals surface area contributed by atoms with Crippen LogP contribution < -0.4 is 10.6 Å². The minimum atomic E-state index is -0.943. The Morgan fingerprint density at radius 3 is 1.28 bits per heavy atom. The van der Waals surface area contributed by atoms with Crippen molar-refractivity contribution in [2.75, 3.05) is 26.9 Å². The molecule has 2 amide bonds. The molecule has 0 saturated heterocycles. The molecule has 10 heteroatoms. The molecule has 0 aliphatic heterocycles. The molecular formula is C29H56N2O8. The Kier molecular flexibility index (Phi) is 28.8.